The van der Waals surface area contributed by atoms with Gasteiger partial charge in [-0.2, -0.15) is 0 Å². The predicted molar refractivity (Wildman–Crippen MR) is 84.4 cm³/mol. The largest absolute Gasteiger partial charge is 0.493 e. The minimum Gasteiger partial charge on any atom is -0.493 e. The molecule has 0 amide bonds. The van der Waals surface area contributed by atoms with E-state index in [9.17, 15) is 0 Å². The van der Waals surface area contributed by atoms with Gasteiger partial charge in [-0.15, -0.1) is 0 Å². The number of para-hydroxylation sites is 1. The highest BCUT2D eigenvalue weighted by molar-refractivity contribution is 5.35. The van der Waals surface area contributed by atoms with Crippen LogP contribution in [-0.4, -0.2) is 17.6 Å². The van der Waals surface area contributed by atoms with Crippen molar-refractivity contribution in [3.8, 4) is 5.75 Å². The molecule has 2 unspecified atom stereocenters. The zero-order valence-electron chi connectivity index (χ0n) is 12.5. The molecule has 3 rings (SSSR count). The molecule has 0 bridgehead atoms. The van der Waals surface area contributed by atoms with Gasteiger partial charge in [0.25, 0.3) is 0 Å². The van der Waals surface area contributed by atoms with Gasteiger partial charge in [0.15, 0.2) is 0 Å². The summed E-state index contributed by atoms with van der Waals surface area (Å²) in [6.45, 7) is 2.84. The number of fused-ring (bicyclic) bond motifs is 1. The van der Waals surface area contributed by atoms with E-state index >= 15 is 0 Å². The van der Waals surface area contributed by atoms with E-state index in [2.05, 4.69) is 36.2 Å². The molecule has 3 nitrogen and oxygen atoms in total. The maximum absolute atomic E-state index is 6.39. The molecule has 110 valence electrons. The van der Waals surface area contributed by atoms with E-state index in [0.29, 0.717) is 12.5 Å². The first kappa shape index (κ1) is 14.1. The highest BCUT2D eigenvalue weighted by atomic mass is 16.5. The van der Waals surface area contributed by atoms with Crippen molar-refractivity contribution >= 4 is 0 Å². The lowest BCUT2D eigenvalue weighted by Crippen LogP contribution is -2.39. The van der Waals surface area contributed by atoms with Crippen LogP contribution in [0.5, 0.6) is 5.75 Å². The summed E-state index contributed by atoms with van der Waals surface area (Å²) in [5.74, 6) is 1.36. The van der Waals surface area contributed by atoms with Crippen molar-refractivity contribution in [3.63, 3.8) is 0 Å². The number of hydrogen-bond donors (Lipinski definition) is 1. The molecular formula is C18H22N2O. The normalized spacial score (nSPS) is 18.7. The number of nitrogens with zero attached hydrogens (tertiary/aromatic N) is 1. The van der Waals surface area contributed by atoms with Crippen molar-refractivity contribution in [2.75, 3.05) is 6.61 Å². The third-order valence-corrected chi connectivity index (χ3v) is 4.25. The first-order valence-electron chi connectivity index (χ1n) is 7.66. The predicted octanol–water partition coefficient (Wildman–Crippen LogP) is 2.77. The van der Waals surface area contributed by atoms with Crippen LogP contribution >= 0.6 is 0 Å². The first-order valence-corrected chi connectivity index (χ1v) is 7.66. The molecule has 2 heterocycles. The lowest BCUT2D eigenvalue weighted by atomic mass is 9.88. The maximum atomic E-state index is 6.39. The molecule has 0 saturated carbocycles. The van der Waals surface area contributed by atoms with Crippen LogP contribution in [0.25, 0.3) is 0 Å². The van der Waals surface area contributed by atoms with Gasteiger partial charge in [-0.25, -0.2) is 0 Å². The van der Waals surface area contributed by atoms with E-state index < -0.39 is 0 Å². The minimum atomic E-state index is 0.0818. The molecule has 2 aromatic rings. The molecule has 0 radical (unpaired) electrons. The summed E-state index contributed by atoms with van der Waals surface area (Å²) in [6, 6.07) is 12.5. The Hall–Kier alpha value is -1.87. The Morgan fingerprint density at radius 3 is 2.90 bits per heavy atom. The highest BCUT2D eigenvalue weighted by Gasteiger charge is 2.25. The summed E-state index contributed by atoms with van der Waals surface area (Å²) in [5, 5.41) is 0. The van der Waals surface area contributed by atoms with Crippen LogP contribution in [0.4, 0.5) is 0 Å². The lowest BCUT2D eigenvalue weighted by molar-refractivity contribution is 0.198. The van der Waals surface area contributed by atoms with Crippen LogP contribution < -0.4 is 10.5 Å². The van der Waals surface area contributed by atoms with Crippen molar-refractivity contribution in [1.29, 1.82) is 0 Å². The summed E-state index contributed by atoms with van der Waals surface area (Å²) in [6.07, 6.45) is 4.77. The molecule has 2 N–H and O–H groups in total. The molecule has 21 heavy (non-hydrogen) atoms. The van der Waals surface area contributed by atoms with Crippen LogP contribution in [0.1, 0.15) is 23.7 Å². The number of ether oxygens (including phenoxy) is 1. The number of rotatable bonds is 4. The van der Waals surface area contributed by atoms with E-state index in [4.69, 9.17) is 10.5 Å². The van der Waals surface area contributed by atoms with Crippen molar-refractivity contribution in [3.05, 3.63) is 59.4 Å². The summed E-state index contributed by atoms with van der Waals surface area (Å²) in [7, 11) is 0. The Labute approximate surface area is 126 Å². The summed E-state index contributed by atoms with van der Waals surface area (Å²) in [4.78, 5) is 4.51. The fraction of sp³-hybridized carbons (Fsp3) is 0.389. The van der Waals surface area contributed by atoms with E-state index in [0.717, 1.165) is 30.7 Å². The van der Waals surface area contributed by atoms with Crippen LogP contribution in [0.3, 0.4) is 0 Å². The Balaban J connectivity index is 1.64. The van der Waals surface area contributed by atoms with Crippen molar-refractivity contribution in [1.82, 2.24) is 4.98 Å². The summed E-state index contributed by atoms with van der Waals surface area (Å²) in [5.41, 5.74) is 9.98. The van der Waals surface area contributed by atoms with Crippen LogP contribution in [-0.2, 0) is 19.3 Å². The van der Waals surface area contributed by atoms with Crippen molar-refractivity contribution in [2.24, 2.45) is 11.7 Å². The molecule has 1 aromatic carbocycles. The molecular weight excluding hydrogens is 260 g/mol. The fourth-order valence-electron chi connectivity index (χ4n) is 2.82. The van der Waals surface area contributed by atoms with E-state index in [1.54, 1.807) is 0 Å². The molecule has 0 aliphatic carbocycles. The second kappa shape index (κ2) is 6.27. The zero-order valence-corrected chi connectivity index (χ0v) is 12.5. The van der Waals surface area contributed by atoms with Crippen molar-refractivity contribution < 1.29 is 4.74 Å². The monoisotopic (exact) mass is 282 g/mol. The van der Waals surface area contributed by atoms with Gasteiger partial charge < -0.3 is 10.5 Å². The van der Waals surface area contributed by atoms with Gasteiger partial charge in [-0.05, 0) is 36.1 Å². The third-order valence-electron chi connectivity index (χ3n) is 4.25. The van der Waals surface area contributed by atoms with E-state index in [-0.39, 0.29) is 6.04 Å². The number of pyridine rings is 1. The quantitative estimate of drug-likeness (QED) is 0.938. The second-order valence-electron chi connectivity index (χ2n) is 5.76. The van der Waals surface area contributed by atoms with Gasteiger partial charge in [-0.3, -0.25) is 4.98 Å². The number of aromatic nitrogens is 1. The lowest BCUT2D eigenvalue weighted by Gasteiger charge is -2.29. The molecule has 2 atom stereocenters. The van der Waals surface area contributed by atoms with Gasteiger partial charge >= 0.3 is 0 Å². The molecule has 1 aromatic heterocycles. The van der Waals surface area contributed by atoms with Gasteiger partial charge in [0, 0.05) is 30.3 Å². The van der Waals surface area contributed by atoms with Crippen molar-refractivity contribution in [2.45, 2.75) is 32.2 Å². The fourth-order valence-corrected chi connectivity index (χ4v) is 2.82. The summed E-state index contributed by atoms with van der Waals surface area (Å²) < 4.78 is 5.83. The topological polar surface area (TPSA) is 48.1 Å². The number of benzene rings is 1. The van der Waals surface area contributed by atoms with Crippen LogP contribution in [0.15, 0.2) is 42.6 Å². The number of hydrogen-bond acceptors (Lipinski definition) is 3. The Bertz CT molecular complexity index is 594. The first-order chi connectivity index (χ1) is 10.3. The van der Waals surface area contributed by atoms with Crippen LogP contribution in [0, 0.1) is 5.92 Å². The van der Waals surface area contributed by atoms with E-state index in [1.807, 2.05) is 18.3 Å². The Morgan fingerprint density at radius 1 is 1.29 bits per heavy atom. The Morgan fingerprint density at radius 2 is 2.14 bits per heavy atom. The number of nitrogens with two attached hydrogens (primary N) is 1. The average molecular weight is 282 g/mol. The van der Waals surface area contributed by atoms with Gasteiger partial charge in [-0.1, -0.05) is 31.2 Å². The molecule has 0 spiro atoms. The van der Waals surface area contributed by atoms with Gasteiger partial charge in [0.1, 0.15) is 5.75 Å². The SMILES string of the molecule is CCc1ccc(CC(N)C2COc3ccccc3C2)nc1. The molecule has 1 aliphatic rings. The van der Waals surface area contributed by atoms with Gasteiger partial charge in [0.05, 0.1) is 6.61 Å². The molecule has 1 aliphatic heterocycles. The minimum absolute atomic E-state index is 0.0818. The maximum Gasteiger partial charge on any atom is 0.122 e. The molecule has 3 heteroatoms. The Kier molecular flexibility index (Phi) is 4.20. The van der Waals surface area contributed by atoms with E-state index in [1.165, 1.54) is 11.1 Å². The molecule has 0 fully saturated rings. The molecule has 0 saturated heterocycles. The van der Waals surface area contributed by atoms with Crippen LogP contribution in [0.2, 0.25) is 0 Å². The highest BCUT2D eigenvalue weighted by Crippen LogP contribution is 2.28. The smallest absolute Gasteiger partial charge is 0.122 e. The number of aryl methyl sites for hydroxylation is 1. The zero-order chi connectivity index (χ0) is 14.7. The second-order valence-corrected chi connectivity index (χ2v) is 5.76. The summed E-state index contributed by atoms with van der Waals surface area (Å²) >= 11 is 0. The standard InChI is InChI=1S/C18H22N2O/c1-2-13-7-8-16(20-11-13)10-17(19)15-9-14-5-3-4-6-18(14)21-12-15/h3-8,11,15,17H,2,9-10,12,19H2,1H3. The third kappa shape index (κ3) is 3.24. The average Bonchev–Trinajstić information content (AvgIpc) is 2.55. The van der Waals surface area contributed by atoms with Gasteiger partial charge in [0.2, 0.25) is 0 Å².